The lowest BCUT2D eigenvalue weighted by Crippen LogP contribution is -2.35. The number of benzene rings is 1. The van der Waals surface area contributed by atoms with Crippen LogP contribution >= 0.6 is 0 Å². The number of hydrogen-bond donors (Lipinski definition) is 0. The maximum Gasteiger partial charge on any atom is 0.250 e. The monoisotopic (exact) mass is 346 g/mol. The maximum atomic E-state index is 4.42. The van der Waals surface area contributed by atoms with Gasteiger partial charge in [-0.15, -0.1) is 10.2 Å². The van der Waals surface area contributed by atoms with Crippen molar-refractivity contribution in [1.29, 1.82) is 0 Å². The van der Waals surface area contributed by atoms with Crippen molar-refractivity contribution < 1.29 is 0 Å². The minimum atomic E-state index is 0.393. The molecule has 8 nitrogen and oxygen atoms in total. The minimum Gasteiger partial charge on any atom is -0.339 e. The van der Waals surface area contributed by atoms with E-state index in [0.717, 1.165) is 49.0 Å². The predicted molar refractivity (Wildman–Crippen MR) is 96.3 cm³/mol. The van der Waals surface area contributed by atoms with Crippen molar-refractivity contribution in [3.05, 3.63) is 60.6 Å². The van der Waals surface area contributed by atoms with Gasteiger partial charge in [-0.1, -0.05) is 29.4 Å². The first-order valence-electron chi connectivity index (χ1n) is 8.78. The van der Waals surface area contributed by atoms with Gasteiger partial charge in [0.05, 0.1) is 5.69 Å². The molecule has 0 amide bonds. The number of hydrogen-bond acceptors (Lipinski definition) is 6. The average Bonchev–Trinajstić information content (AvgIpc) is 3.36. The summed E-state index contributed by atoms with van der Waals surface area (Å²) in [6, 6.07) is 16.0. The summed E-state index contributed by atoms with van der Waals surface area (Å²) in [6.07, 6.45) is 4.03. The second-order valence-corrected chi connectivity index (χ2v) is 6.47. The molecule has 8 heteroatoms. The summed E-state index contributed by atoms with van der Waals surface area (Å²) < 4.78 is 3.89. The molecule has 0 atom stereocenters. The fraction of sp³-hybridized carbons (Fsp3) is 0.278. The van der Waals surface area contributed by atoms with Crippen molar-refractivity contribution in [1.82, 2.24) is 34.8 Å². The van der Waals surface area contributed by atoms with Crippen molar-refractivity contribution in [2.24, 2.45) is 0 Å². The third-order valence-corrected chi connectivity index (χ3v) is 4.94. The topological polar surface area (TPSA) is 77.0 Å². The highest BCUT2D eigenvalue weighted by Crippen LogP contribution is 2.29. The first-order valence-corrected chi connectivity index (χ1v) is 8.78. The normalized spacial score (nSPS) is 15.6. The van der Waals surface area contributed by atoms with Crippen LogP contribution in [0.3, 0.4) is 0 Å². The lowest BCUT2D eigenvalue weighted by molar-refractivity contribution is 0.475. The first kappa shape index (κ1) is 15.0. The van der Waals surface area contributed by atoms with Gasteiger partial charge in [0.25, 0.3) is 0 Å². The number of pyridine rings is 1. The molecule has 0 unspecified atom stereocenters. The smallest absolute Gasteiger partial charge is 0.250 e. The van der Waals surface area contributed by atoms with Gasteiger partial charge in [0.15, 0.2) is 5.65 Å². The highest BCUT2D eigenvalue weighted by Gasteiger charge is 2.27. The Balaban J connectivity index is 1.36. The first-order chi connectivity index (χ1) is 12.9. The van der Waals surface area contributed by atoms with E-state index in [1.165, 1.54) is 0 Å². The van der Waals surface area contributed by atoms with Crippen LogP contribution in [0.1, 0.15) is 24.6 Å². The predicted octanol–water partition coefficient (Wildman–Crippen LogP) is 2.09. The molecule has 0 aliphatic carbocycles. The van der Waals surface area contributed by atoms with Crippen molar-refractivity contribution in [3.8, 4) is 5.69 Å². The van der Waals surface area contributed by atoms with Gasteiger partial charge in [-0.2, -0.15) is 4.68 Å². The molecule has 0 bridgehead atoms. The van der Waals surface area contributed by atoms with E-state index >= 15 is 0 Å². The molecule has 1 aliphatic rings. The zero-order valence-electron chi connectivity index (χ0n) is 14.2. The van der Waals surface area contributed by atoms with Crippen molar-refractivity contribution >= 4 is 11.6 Å². The van der Waals surface area contributed by atoms with Gasteiger partial charge in [-0.05, 0) is 47.5 Å². The lowest BCUT2D eigenvalue weighted by atomic mass is 9.96. The highest BCUT2D eigenvalue weighted by molar-refractivity contribution is 5.41. The Morgan fingerprint density at radius 1 is 0.846 bits per heavy atom. The number of para-hydroxylation sites is 1. The van der Waals surface area contributed by atoms with E-state index in [2.05, 4.69) is 35.0 Å². The van der Waals surface area contributed by atoms with Crippen LogP contribution in [0.25, 0.3) is 11.3 Å². The fourth-order valence-electron chi connectivity index (χ4n) is 3.59. The Labute approximate surface area is 150 Å². The van der Waals surface area contributed by atoms with E-state index in [1.807, 2.05) is 54.7 Å². The van der Waals surface area contributed by atoms with Gasteiger partial charge in [-0.3, -0.25) is 4.40 Å². The molecule has 0 saturated carbocycles. The average molecular weight is 346 g/mol. The van der Waals surface area contributed by atoms with E-state index in [1.54, 1.807) is 4.68 Å². The highest BCUT2D eigenvalue weighted by atomic mass is 15.6. The number of piperidine rings is 1. The standard InChI is InChI=1S/C18H18N8/c1-2-6-15(7-3-1)26-18(21-22-23-26)24-12-9-14(10-13-24)17-20-19-16-8-4-5-11-25(16)17/h1-8,11,14H,9-10,12-13H2. The van der Waals surface area contributed by atoms with Crippen LogP contribution < -0.4 is 4.90 Å². The molecule has 130 valence electrons. The van der Waals surface area contributed by atoms with Crippen LogP contribution in [0.4, 0.5) is 5.95 Å². The Morgan fingerprint density at radius 3 is 2.50 bits per heavy atom. The molecular formula is C18H18N8. The van der Waals surface area contributed by atoms with Crippen LogP contribution in [0.15, 0.2) is 54.7 Å². The summed E-state index contributed by atoms with van der Waals surface area (Å²) in [5, 5.41) is 21.0. The Bertz CT molecular complexity index is 1010. The van der Waals surface area contributed by atoms with Crippen LogP contribution in [0, 0.1) is 0 Å². The third kappa shape index (κ3) is 2.50. The molecule has 26 heavy (non-hydrogen) atoms. The van der Waals surface area contributed by atoms with Gasteiger partial charge in [0.2, 0.25) is 5.95 Å². The summed E-state index contributed by atoms with van der Waals surface area (Å²) in [5.41, 5.74) is 1.87. The van der Waals surface area contributed by atoms with Gasteiger partial charge < -0.3 is 4.90 Å². The quantitative estimate of drug-likeness (QED) is 0.565. The number of rotatable bonds is 3. The van der Waals surface area contributed by atoms with Crippen LogP contribution in [0.2, 0.25) is 0 Å². The molecule has 5 rings (SSSR count). The number of nitrogens with zero attached hydrogens (tertiary/aromatic N) is 8. The van der Waals surface area contributed by atoms with Gasteiger partial charge in [0, 0.05) is 25.2 Å². The summed E-state index contributed by atoms with van der Waals surface area (Å²) in [6.45, 7) is 1.78. The van der Waals surface area contributed by atoms with Gasteiger partial charge >= 0.3 is 0 Å². The summed E-state index contributed by atoms with van der Waals surface area (Å²) in [5.74, 6) is 2.23. The minimum absolute atomic E-state index is 0.393. The van der Waals surface area contributed by atoms with E-state index in [9.17, 15) is 0 Å². The molecule has 1 fully saturated rings. The molecule has 0 N–H and O–H groups in total. The lowest BCUT2D eigenvalue weighted by Gasteiger charge is -2.31. The number of tetrazole rings is 1. The molecule has 0 radical (unpaired) electrons. The second-order valence-electron chi connectivity index (χ2n) is 6.47. The van der Waals surface area contributed by atoms with Crippen LogP contribution in [-0.2, 0) is 0 Å². The van der Waals surface area contributed by atoms with Crippen molar-refractivity contribution in [2.45, 2.75) is 18.8 Å². The summed E-state index contributed by atoms with van der Waals surface area (Å²) >= 11 is 0. The summed E-state index contributed by atoms with van der Waals surface area (Å²) in [4.78, 5) is 2.24. The molecule has 4 aromatic rings. The fourth-order valence-corrected chi connectivity index (χ4v) is 3.59. The number of aromatic nitrogens is 7. The zero-order valence-corrected chi connectivity index (χ0v) is 14.2. The molecule has 1 aromatic carbocycles. The SMILES string of the molecule is c1ccc(-n2nnnc2N2CCC(c3nnc4ccccn34)CC2)cc1. The number of fused-ring (bicyclic) bond motifs is 1. The van der Waals surface area contributed by atoms with Gasteiger partial charge in [-0.25, -0.2) is 0 Å². The Morgan fingerprint density at radius 2 is 1.65 bits per heavy atom. The van der Waals surface area contributed by atoms with E-state index < -0.39 is 0 Å². The third-order valence-electron chi connectivity index (χ3n) is 4.94. The van der Waals surface area contributed by atoms with E-state index in [-0.39, 0.29) is 0 Å². The molecule has 4 heterocycles. The summed E-state index contributed by atoms with van der Waals surface area (Å²) in [7, 11) is 0. The van der Waals surface area contributed by atoms with Crippen molar-refractivity contribution in [3.63, 3.8) is 0 Å². The number of anilines is 1. The van der Waals surface area contributed by atoms with Crippen LogP contribution in [0.5, 0.6) is 0 Å². The molecule has 0 spiro atoms. The molecule has 1 saturated heterocycles. The zero-order chi connectivity index (χ0) is 17.3. The Hall–Kier alpha value is -3.29. The Kier molecular flexibility index (Phi) is 3.59. The maximum absolute atomic E-state index is 4.42. The molecule has 1 aliphatic heterocycles. The molecular weight excluding hydrogens is 328 g/mol. The van der Waals surface area contributed by atoms with Gasteiger partial charge in [0.1, 0.15) is 5.82 Å². The second kappa shape index (κ2) is 6.21. The largest absolute Gasteiger partial charge is 0.339 e. The van der Waals surface area contributed by atoms with E-state index in [0.29, 0.717) is 5.92 Å². The van der Waals surface area contributed by atoms with Crippen LogP contribution in [-0.4, -0.2) is 47.9 Å². The van der Waals surface area contributed by atoms with E-state index in [4.69, 9.17) is 0 Å². The van der Waals surface area contributed by atoms with Crippen molar-refractivity contribution in [2.75, 3.05) is 18.0 Å². The molecule has 3 aromatic heterocycles.